The molecule has 0 bridgehead atoms. The van der Waals surface area contributed by atoms with Crippen molar-refractivity contribution >= 4 is 5.97 Å². The molecule has 2 atom stereocenters. The van der Waals surface area contributed by atoms with E-state index in [1.807, 2.05) is 30.3 Å². The van der Waals surface area contributed by atoms with Gasteiger partial charge >= 0.3 is 5.97 Å². The quantitative estimate of drug-likeness (QED) is 0.662. The lowest BCUT2D eigenvalue weighted by atomic mass is 10.0. The molecule has 1 aromatic carbocycles. The van der Waals surface area contributed by atoms with E-state index in [0.29, 0.717) is 17.8 Å². The van der Waals surface area contributed by atoms with Crippen molar-refractivity contribution in [1.82, 2.24) is 0 Å². The van der Waals surface area contributed by atoms with Crippen LogP contribution in [-0.2, 0) is 14.3 Å². The normalized spacial score (nSPS) is 19.4. The number of ether oxygens (including phenoxy) is 2. The summed E-state index contributed by atoms with van der Waals surface area (Å²) < 4.78 is 10.4. The molecule has 0 amide bonds. The predicted octanol–water partition coefficient (Wildman–Crippen LogP) is 2.51. The first-order valence-corrected chi connectivity index (χ1v) is 6.48. The van der Waals surface area contributed by atoms with Crippen LogP contribution in [0.15, 0.2) is 54.3 Å². The van der Waals surface area contributed by atoms with Crippen LogP contribution in [0.5, 0.6) is 0 Å². The lowest BCUT2D eigenvalue weighted by Gasteiger charge is -2.14. The van der Waals surface area contributed by atoms with Gasteiger partial charge in [0.1, 0.15) is 11.9 Å². The Labute approximate surface area is 118 Å². The van der Waals surface area contributed by atoms with E-state index >= 15 is 0 Å². The molecule has 1 heterocycles. The number of hydrogen-bond donors (Lipinski definition) is 1. The minimum Gasteiger partial charge on any atom is -0.490 e. The van der Waals surface area contributed by atoms with Crippen molar-refractivity contribution in [1.29, 1.82) is 0 Å². The molecule has 0 aliphatic carbocycles. The highest BCUT2D eigenvalue weighted by Crippen LogP contribution is 2.33. The average molecular weight is 274 g/mol. The van der Waals surface area contributed by atoms with Gasteiger partial charge < -0.3 is 14.6 Å². The van der Waals surface area contributed by atoms with Crippen molar-refractivity contribution in [2.24, 2.45) is 0 Å². The fourth-order valence-electron chi connectivity index (χ4n) is 2.20. The average Bonchev–Trinajstić information content (AvgIpc) is 2.90. The molecular weight excluding hydrogens is 256 g/mol. The molecule has 0 fully saturated rings. The molecule has 1 aromatic rings. The molecule has 4 heteroatoms. The zero-order valence-corrected chi connectivity index (χ0v) is 11.4. The Balaban J connectivity index is 2.16. The summed E-state index contributed by atoms with van der Waals surface area (Å²) in [5.74, 6) is 0.0720. The molecule has 0 aromatic heterocycles. The number of aliphatic hydroxyl groups is 1. The van der Waals surface area contributed by atoms with Crippen molar-refractivity contribution < 1.29 is 19.4 Å². The second-order valence-corrected chi connectivity index (χ2v) is 4.62. The van der Waals surface area contributed by atoms with Gasteiger partial charge in [-0.1, -0.05) is 43.0 Å². The highest BCUT2D eigenvalue weighted by atomic mass is 16.5. The van der Waals surface area contributed by atoms with Crippen LogP contribution in [0.25, 0.3) is 0 Å². The maximum atomic E-state index is 11.7. The number of benzene rings is 1. The number of rotatable bonds is 5. The molecule has 4 nitrogen and oxygen atoms in total. The summed E-state index contributed by atoms with van der Waals surface area (Å²) >= 11 is 0. The van der Waals surface area contributed by atoms with Gasteiger partial charge in [0.15, 0.2) is 0 Å². The number of esters is 1. The van der Waals surface area contributed by atoms with E-state index in [0.717, 1.165) is 5.56 Å². The Morgan fingerprint density at radius 3 is 2.85 bits per heavy atom. The van der Waals surface area contributed by atoms with Crippen LogP contribution in [0, 0.1) is 0 Å². The van der Waals surface area contributed by atoms with Crippen molar-refractivity contribution in [3.8, 4) is 0 Å². The third kappa shape index (κ3) is 3.08. The molecule has 0 spiro atoms. The number of carbonyl (C=O) groups excluding carboxylic acids is 1. The molecule has 0 radical (unpaired) electrons. The first kappa shape index (κ1) is 14.3. The van der Waals surface area contributed by atoms with Gasteiger partial charge in [-0.05, 0) is 5.56 Å². The molecule has 20 heavy (non-hydrogen) atoms. The molecule has 2 unspecified atom stereocenters. The van der Waals surface area contributed by atoms with Gasteiger partial charge in [-0.3, -0.25) is 0 Å². The van der Waals surface area contributed by atoms with Crippen molar-refractivity contribution in [3.63, 3.8) is 0 Å². The first-order chi connectivity index (χ1) is 9.65. The second kappa shape index (κ2) is 6.39. The molecule has 0 saturated heterocycles. The van der Waals surface area contributed by atoms with Crippen molar-refractivity contribution in [3.05, 3.63) is 59.9 Å². The fraction of sp³-hybridized carbons (Fsp3) is 0.312. The Morgan fingerprint density at radius 2 is 2.25 bits per heavy atom. The van der Waals surface area contributed by atoms with E-state index in [1.54, 1.807) is 6.08 Å². The Hall–Kier alpha value is -2.07. The maximum absolute atomic E-state index is 11.7. The monoisotopic (exact) mass is 274 g/mol. The van der Waals surface area contributed by atoms with E-state index in [-0.39, 0.29) is 12.5 Å². The van der Waals surface area contributed by atoms with E-state index in [2.05, 4.69) is 6.58 Å². The number of methoxy groups -OCH3 is 1. The van der Waals surface area contributed by atoms with E-state index in [9.17, 15) is 9.90 Å². The lowest BCUT2D eigenvalue weighted by molar-refractivity contribution is -0.136. The predicted molar refractivity (Wildman–Crippen MR) is 74.7 cm³/mol. The van der Waals surface area contributed by atoms with Gasteiger partial charge in [0.2, 0.25) is 0 Å². The Kier molecular flexibility index (Phi) is 4.58. The van der Waals surface area contributed by atoms with Crippen LogP contribution in [0.4, 0.5) is 0 Å². The van der Waals surface area contributed by atoms with Gasteiger partial charge in [-0.25, -0.2) is 4.79 Å². The molecular formula is C16H18O4. The number of aliphatic hydroxyl groups excluding tert-OH is 1. The summed E-state index contributed by atoms with van der Waals surface area (Å²) in [6, 6.07) is 9.27. The maximum Gasteiger partial charge on any atom is 0.337 e. The van der Waals surface area contributed by atoms with Crippen molar-refractivity contribution in [2.75, 3.05) is 7.11 Å². The van der Waals surface area contributed by atoms with Crippen molar-refractivity contribution in [2.45, 2.75) is 25.0 Å². The summed E-state index contributed by atoms with van der Waals surface area (Å²) in [6.45, 7) is 3.67. The standard InChI is InChI=1S/C16H18O4/c1-3-12-9-13(16(18)19-2)15(20-12)10-14(17)11-7-5-4-6-8-11/h3-8,12,14,17H,1,9-10H2,2H3. The Morgan fingerprint density at radius 1 is 1.55 bits per heavy atom. The van der Waals surface area contributed by atoms with Crippen LogP contribution in [-0.4, -0.2) is 24.3 Å². The first-order valence-electron chi connectivity index (χ1n) is 6.48. The third-order valence-electron chi connectivity index (χ3n) is 3.29. The van der Waals surface area contributed by atoms with Gasteiger partial charge in [-0.15, -0.1) is 0 Å². The summed E-state index contributed by atoms with van der Waals surface area (Å²) in [5, 5.41) is 10.2. The highest BCUT2D eigenvalue weighted by Gasteiger charge is 2.30. The highest BCUT2D eigenvalue weighted by molar-refractivity contribution is 5.89. The zero-order valence-electron chi connectivity index (χ0n) is 11.4. The van der Waals surface area contributed by atoms with Crippen LogP contribution in [0.2, 0.25) is 0 Å². The summed E-state index contributed by atoms with van der Waals surface area (Å²) in [5.41, 5.74) is 1.27. The fourth-order valence-corrected chi connectivity index (χ4v) is 2.20. The molecule has 0 saturated carbocycles. The van der Waals surface area contributed by atoms with Gasteiger partial charge in [0.05, 0.1) is 18.8 Å². The molecule has 1 N–H and O–H groups in total. The molecule has 1 aliphatic heterocycles. The minimum absolute atomic E-state index is 0.234. The smallest absolute Gasteiger partial charge is 0.337 e. The summed E-state index contributed by atoms with van der Waals surface area (Å²) in [4.78, 5) is 11.7. The topological polar surface area (TPSA) is 55.8 Å². The van der Waals surface area contributed by atoms with E-state index < -0.39 is 12.1 Å². The summed E-state index contributed by atoms with van der Waals surface area (Å²) in [7, 11) is 1.34. The van der Waals surface area contributed by atoms with Crippen LogP contribution >= 0.6 is 0 Å². The lowest BCUT2D eigenvalue weighted by Crippen LogP contribution is -2.07. The summed E-state index contributed by atoms with van der Waals surface area (Å²) in [6.07, 6.45) is 1.38. The minimum atomic E-state index is -0.713. The largest absolute Gasteiger partial charge is 0.490 e. The van der Waals surface area contributed by atoms with Gasteiger partial charge in [0.25, 0.3) is 0 Å². The van der Waals surface area contributed by atoms with E-state index in [4.69, 9.17) is 9.47 Å². The Bertz CT molecular complexity index is 519. The van der Waals surface area contributed by atoms with Crippen LogP contribution < -0.4 is 0 Å². The van der Waals surface area contributed by atoms with Gasteiger partial charge in [0, 0.05) is 12.8 Å². The third-order valence-corrected chi connectivity index (χ3v) is 3.29. The van der Waals surface area contributed by atoms with Gasteiger partial charge in [-0.2, -0.15) is 0 Å². The molecule has 1 aliphatic rings. The van der Waals surface area contributed by atoms with Crippen LogP contribution in [0.3, 0.4) is 0 Å². The second-order valence-electron chi connectivity index (χ2n) is 4.62. The van der Waals surface area contributed by atoms with Crippen LogP contribution in [0.1, 0.15) is 24.5 Å². The molecule has 106 valence electrons. The SMILES string of the molecule is C=CC1CC(C(=O)OC)=C(CC(O)c2ccccc2)O1. The zero-order chi connectivity index (χ0) is 14.5. The number of carbonyl (C=O) groups is 1. The molecule has 2 rings (SSSR count). The number of hydrogen-bond acceptors (Lipinski definition) is 4. The van der Waals surface area contributed by atoms with E-state index in [1.165, 1.54) is 7.11 Å².